The Balaban J connectivity index is 3.14. The molecule has 0 aliphatic rings. The van der Waals surface area contributed by atoms with Crippen LogP contribution >= 0.6 is 15.9 Å². The van der Waals surface area contributed by atoms with Crippen LogP contribution in [0.3, 0.4) is 0 Å². The van der Waals surface area contributed by atoms with Gasteiger partial charge < -0.3 is 10.2 Å². The Labute approximate surface area is 77.7 Å². The minimum atomic E-state index is -0.213. The zero-order valence-electron chi connectivity index (χ0n) is 6.12. The molecule has 1 rings (SSSR count). The summed E-state index contributed by atoms with van der Waals surface area (Å²) in [5, 5.41) is 18.4. The molecule has 0 atom stereocenters. The van der Waals surface area contributed by atoms with Gasteiger partial charge in [0.15, 0.2) is 11.5 Å². The average Bonchev–Trinajstić information content (AvgIpc) is 2.06. The summed E-state index contributed by atoms with van der Waals surface area (Å²) in [7, 11) is 0. The van der Waals surface area contributed by atoms with Crippen molar-refractivity contribution >= 4 is 15.9 Å². The Morgan fingerprint density at radius 2 is 2.08 bits per heavy atom. The van der Waals surface area contributed by atoms with Crippen molar-refractivity contribution in [1.29, 1.82) is 0 Å². The first-order valence-electron chi connectivity index (χ1n) is 3.17. The zero-order chi connectivity index (χ0) is 9.14. The highest BCUT2D eigenvalue weighted by Crippen LogP contribution is 2.34. The molecule has 0 aliphatic heterocycles. The van der Waals surface area contributed by atoms with E-state index in [1.807, 2.05) is 0 Å². The lowest BCUT2D eigenvalue weighted by molar-refractivity contribution is 0.121. The van der Waals surface area contributed by atoms with E-state index in [9.17, 15) is 5.11 Å². The molecule has 66 valence electrons. The van der Waals surface area contributed by atoms with Crippen LogP contribution in [-0.4, -0.2) is 10.2 Å². The maximum atomic E-state index is 9.29. The van der Waals surface area contributed by atoms with Crippen LogP contribution in [-0.2, 0) is 11.4 Å². The number of phenolic OH excluding ortho intramolecular Hbond substituents is 2. The van der Waals surface area contributed by atoms with Gasteiger partial charge in [0, 0.05) is 10.0 Å². The molecule has 0 heterocycles. The molecule has 0 unspecified atom stereocenters. The fourth-order valence-corrected chi connectivity index (χ4v) is 1.25. The molecular formula is C7H8BrNO3. The summed E-state index contributed by atoms with van der Waals surface area (Å²) in [6.45, 7) is 0.0425. The molecule has 0 bridgehead atoms. The molecule has 0 fully saturated rings. The van der Waals surface area contributed by atoms with Gasteiger partial charge in [-0.05, 0) is 12.1 Å². The second-order valence-electron chi connectivity index (χ2n) is 2.20. The van der Waals surface area contributed by atoms with E-state index < -0.39 is 0 Å². The fourth-order valence-electron chi connectivity index (χ4n) is 0.820. The molecule has 0 aliphatic carbocycles. The number of halogens is 1. The Kier molecular flexibility index (Phi) is 2.91. The molecule has 1 aromatic rings. The molecule has 0 saturated carbocycles. The van der Waals surface area contributed by atoms with E-state index in [1.165, 1.54) is 6.07 Å². The summed E-state index contributed by atoms with van der Waals surface area (Å²) in [6.07, 6.45) is 0. The molecule has 0 aromatic heterocycles. The van der Waals surface area contributed by atoms with Crippen LogP contribution in [0.15, 0.2) is 16.6 Å². The lowest BCUT2D eigenvalue weighted by atomic mass is 10.2. The van der Waals surface area contributed by atoms with Crippen molar-refractivity contribution in [2.24, 2.45) is 5.90 Å². The van der Waals surface area contributed by atoms with Gasteiger partial charge in [0.05, 0.1) is 6.61 Å². The zero-order valence-corrected chi connectivity index (χ0v) is 7.71. The molecule has 4 nitrogen and oxygen atoms in total. The third-order valence-corrected chi connectivity index (χ3v) is 2.17. The predicted octanol–water partition coefficient (Wildman–Crippen LogP) is 1.25. The van der Waals surface area contributed by atoms with Crippen LogP contribution < -0.4 is 5.90 Å². The minimum Gasteiger partial charge on any atom is -0.504 e. The van der Waals surface area contributed by atoms with Crippen molar-refractivity contribution in [1.82, 2.24) is 0 Å². The smallest absolute Gasteiger partial charge is 0.164 e. The molecule has 0 spiro atoms. The minimum absolute atomic E-state index is 0.0425. The van der Waals surface area contributed by atoms with E-state index in [0.29, 0.717) is 10.0 Å². The van der Waals surface area contributed by atoms with E-state index in [4.69, 9.17) is 11.0 Å². The van der Waals surface area contributed by atoms with Crippen molar-refractivity contribution in [2.75, 3.05) is 0 Å². The average molecular weight is 234 g/mol. The van der Waals surface area contributed by atoms with Gasteiger partial charge in [-0.15, -0.1) is 0 Å². The van der Waals surface area contributed by atoms with Crippen LogP contribution in [0.4, 0.5) is 0 Å². The lowest BCUT2D eigenvalue weighted by Crippen LogP contribution is -1.99. The Morgan fingerprint density at radius 1 is 1.42 bits per heavy atom. The van der Waals surface area contributed by atoms with Gasteiger partial charge in [0.1, 0.15) is 0 Å². The second kappa shape index (κ2) is 3.75. The summed E-state index contributed by atoms with van der Waals surface area (Å²) in [5.74, 6) is 4.43. The third-order valence-electron chi connectivity index (χ3n) is 1.43. The summed E-state index contributed by atoms with van der Waals surface area (Å²) in [6, 6.07) is 2.98. The van der Waals surface area contributed by atoms with E-state index in [2.05, 4.69) is 20.8 Å². The predicted molar refractivity (Wildman–Crippen MR) is 46.4 cm³/mol. The molecule has 0 amide bonds. The molecule has 0 radical (unpaired) electrons. The van der Waals surface area contributed by atoms with Crippen molar-refractivity contribution in [3.63, 3.8) is 0 Å². The fraction of sp³-hybridized carbons (Fsp3) is 0.143. The van der Waals surface area contributed by atoms with Gasteiger partial charge in [-0.3, -0.25) is 4.84 Å². The van der Waals surface area contributed by atoms with Gasteiger partial charge in [0.2, 0.25) is 0 Å². The van der Waals surface area contributed by atoms with Gasteiger partial charge in [-0.25, -0.2) is 5.90 Å². The molecule has 1 aromatic carbocycles. The number of benzene rings is 1. The van der Waals surface area contributed by atoms with Crippen LogP contribution in [0.1, 0.15) is 5.56 Å². The van der Waals surface area contributed by atoms with E-state index >= 15 is 0 Å². The quantitative estimate of drug-likeness (QED) is 0.531. The SMILES string of the molecule is NOCc1c(Br)ccc(O)c1O. The first-order valence-corrected chi connectivity index (χ1v) is 3.97. The number of nitrogens with two attached hydrogens (primary N) is 1. The van der Waals surface area contributed by atoms with Gasteiger partial charge in [-0.1, -0.05) is 15.9 Å². The normalized spacial score (nSPS) is 10.2. The Hall–Kier alpha value is -0.780. The van der Waals surface area contributed by atoms with Crippen molar-refractivity contribution in [3.05, 3.63) is 22.2 Å². The monoisotopic (exact) mass is 233 g/mol. The molecule has 0 saturated heterocycles. The highest BCUT2D eigenvalue weighted by Gasteiger charge is 2.09. The summed E-state index contributed by atoms with van der Waals surface area (Å²) < 4.78 is 0.642. The Morgan fingerprint density at radius 3 is 2.67 bits per heavy atom. The number of aromatic hydroxyl groups is 2. The topological polar surface area (TPSA) is 75.7 Å². The summed E-state index contributed by atoms with van der Waals surface area (Å²) in [4.78, 5) is 4.34. The largest absolute Gasteiger partial charge is 0.504 e. The molecule has 5 heteroatoms. The van der Waals surface area contributed by atoms with E-state index in [-0.39, 0.29) is 18.1 Å². The van der Waals surface area contributed by atoms with Crippen molar-refractivity contribution < 1.29 is 15.1 Å². The number of hydrogen-bond acceptors (Lipinski definition) is 4. The van der Waals surface area contributed by atoms with Crippen LogP contribution in [0.5, 0.6) is 11.5 Å². The van der Waals surface area contributed by atoms with Crippen LogP contribution in [0, 0.1) is 0 Å². The summed E-state index contributed by atoms with van der Waals surface area (Å²) >= 11 is 3.18. The standard InChI is InChI=1S/C7H8BrNO3/c8-5-1-2-6(10)7(11)4(5)3-12-9/h1-2,10-11H,3,9H2. The number of hydrogen-bond donors (Lipinski definition) is 3. The second-order valence-corrected chi connectivity index (χ2v) is 3.06. The number of phenols is 2. The van der Waals surface area contributed by atoms with Crippen molar-refractivity contribution in [3.8, 4) is 11.5 Å². The lowest BCUT2D eigenvalue weighted by Gasteiger charge is -2.06. The van der Waals surface area contributed by atoms with E-state index in [0.717, 1.165) is 0 Å². The number of rotatable bonds is 2. The van der Waals surface area contributed by atoms with Gasteiger partial charge in [0.25, 0.3) is 0 Å². The highest BCUT2D eigenvalue weighted by molar-refractivity contribution is 9.10. The molecule has 12 heavy (non-hydrogen) atoms. The maximum absolute atomic E-state index is 9.29. The maximum Gasteiger partial charge on any atom is 0.164 e. The van der Waals surface area contributed by atoms with E-state index in [1.54, 1.807) is 6.07 Å². The Bertz CT molecular complexity index is 290. The molecule has 4 N–H and O–H groups in total. The highest BCUT2D eigenvalue weighted by atomic mass is 79.9. The molecular weight excluding hydrogens is 226 g/mol. The third kappa shape index (κ3) is 1.69. The van der Waals surface area contributed by atoms with Gasteiger partial charge in [-0.2, -0.15) is 0 Å². The first-order chi connectivity index (χ1) is 5.66. The first kappa shape index (κ1) is 9.31. The summed E-state index contributed by atoms with van der Waals surface area (Å²) in [5.41, 5.74) is 0.428. The van der Waals surface area contributed by atoms with Gasteiger partial charge >= 0.3 is 0 Å². The van der Waals surface area contributed by atoms with Crippen LogP contribution in [0.25, 0.3) is 0 Å². The van der Waals surface area contributed by atoms with Crippen LogP contribution in [0.2, 0.25) is 0 Å². The van der Waals surface area contributed by atoms with Crippen molar-refractivity contribution in [2.45, 2.75) is 6.61 Å².